The van der Waals surface area contributed by atoms with Crippen LogP contribution in [0.2, 0.25) is 0 Å². The van der Waals surface area contributed by atoms with E-state index < -0.39 is 17.4 Å². The Hall–Kier alpha value is -6.62. The number of carbonyl (C=O) groups excluding carboxylic acids is 3. The standard InChI is InChI=1S/C22H21NO3.C17H16N2O.C6H8O4/c1-14-10-20-21(11-15(14)2)23-9-8-22(20)26-19-6-4-17(5-7-19)13-18(25)12-16(3)24;1-11-9-15-16(10-12(11)2)19-8-7-17(15)20-14-5-3-13(18)4-6-14;1-10-5(9)6(2-3-6)4(7)8/h4-11H,12-13H2,1-3H3;3-10H,18H2,1-2H3;2-3H2,1H3,(H,7,8). The van der Waals surface area contributed by atoms with Gasteiger partial charge in [0.1, 0.15) is 34.6 Å². The Bertz CT molecular complexity index is 2400. The zero-order chi connectivity index (χ0) is 40.6. The molecule has 2 aromatic heterocycles. The molecular formula is C45H45N3O8. The highest BCUT2D eigenvalue weighted by molar-refractivity contribution is 6.02. The molecule has 0 aliphatic heterocycles. The van der Waals surface area contributed by atoms with E-state index in [1.807, 2.05) is 60.7 Å². The minimum Gasteiger partial charge on any atom is -0.480 e. The molecule has 0 bridgehead atoms. The van der Waals surface area contributed by atoms with Crippen LogP contribution >= 0.6 is 0 Å². The molecule has 1 aliphatic carbocycles. The van der Waals surface area contributed by atoms with E-state index in [0.29, 0.717) is 18.6 Å². The van der Waals surface area contributed by atoms with Gasteiger partial charge in [-0.05, 0) is 148 Å². The third-order valence-corrected chi connectivity index (χ3v) is 9.48. The lowest BCUT2D eigenvalue weighted by molar-refractivity contribution is -0.159. The van der Waals surface area contributed by atoms with Gasteiger partial charge in [-0.25, -0.2) is 0 Å². The van der Waals surface area contributed by atoms with Crippen molar-refractivity contribution in [2.45, 2.75) is 60.3 Å². The summed E-state index contributed by atoms with van der Waals surface area (Å²) in [7, 11) is 1.20. The maximum atomic E-state index is 11.7. The average molecular weight is 756 g/mol. The van der Waals surface area contributed by atoms with Gasteiger partial charge in [-0.2, -0.15) is 0 Å². The number of pyridine rings is 2. The van der Waals surface area contributed by atoms with Gasteiger partial charge in [-0.1, -0.05) is 12.1 Å². The molecule has 1 fully saturated rings. The first kappa shape index (κ1) is 40.6. The van der Waals surface area contributed by atoms with Crippen LogP contribution in [0.5, 0.6) is 23.0 Å². The van der Waals surface area contributed by atoms with Crippen LogP contribution in [0.25, 0.3) is 21.8 Å². The number of nitrogens with zero attached hydrogens (tertiary/aromatic N) is 2. The first-order valence-corrected chi connectivity index (χ1v) is 18.0. The fourth-order valence-corrected chi connectivity index (χ4v) is 5.80. The molecule has 0 amide bonds. The molecule has 56 heavy (non-hydrogen) atoms. The van der Waals surface area contributed by atoms with E-state index in [0.717, 1.165) is 50.3 Å². The van der Waals surface area contributed by atoms with Gasteiger partial charge < -0.3 is 25.1 Å². The van der Waals surface area contributed by atoms with Crippen LogP contribution < -0.4 is 15.2 Å². The van der Waals surface area contributed by atoms with Crippen LogP contribution in [0.1, 0.15) is 54.0 Å². The van der Waals surface area contributed by atoms with Gasteiger partial charge in [-0.15, -0.1) is 0 Å². The number of aryl methyl sites for hydroxylation is 4. The molecule has 0 unspecified atom stereocenters. The summed E-state index contributed by atoms with van der Waals surface area (Å²) >= 11 is 0. The second-order valence-electron chi connectivity index (χ2n) is 13.9. The molecule has 1 saturated carbocycles. The van der Waals surface area contributed by atoms with Crippen molar-refractivity contribution in [3.63, 3.8) is 0 Å². The van der Waals surface area contributed by atoms with E-state index in [1.165, 1.54) is 36.3 Å². The minimum absolute atomic E-state index is 0.0139. The molecule has 0 atom stereocenters. The number of esters is 1. The number of hydrogen-bond donors (Lipinski definition) is 2. The quantitative estimate of drug-likeness (QED) is 0.0778. The highest BCUT2D eigenvalue weighted by Gasteiger charge is 2.58. The number of carbonyl (C=O) groups is 4. The molecule has 11 nitrogen and oxygen atoms in total. The van der Waals surface area contributed by atoms with E-state index in [9.17, 15) is 19.2 Å². The van der Waals surface area contributed by atoms with Crippen molar-refractivity contribution >= 4 is 51.0 Å². The number of aromatic nitrogens is 2. The normalized spacial score (nSPS) is 12.3. The highest BCUT2D eigenvalue weighted by Crippen LogP contribution is 2.46. The molecule has 7 rings (SSSR count). The van der Waals surface area contributed by atoms with Crippen molar-refractivity contribution in [3.8, 4) is 23.0 Å². The largest absolute Gasteiger partial charge is 0.480 e. The van der Waals surface area contributed by atoms with E-state index in [-0.39, 0.29) is 24.4 Å². The van der Waals surface area contributed by atoms with Gasteiger partial charge >= 0.3 is 11.9 Å². The van der Waals surface area contributed by atoms with Crippen molar-refractivity contribution < 1.29 is 38.5 Å². The number of methoxy groups -OCH3 is 1. The fraction of sp³-hybridized carbons (Fsp3) is 0.244. The van der Waals surface area contributed by atoms with Crippen LogP contribution in [-0.4, -0.2) is 45.7 Å². The lowest BCUT2D eigenvalue weighted by atomic mass is 10.1. The van der Waals surface area contributed by atoms with Crippen LogP contribution in [-0.2, 0) is 30.3 Å². The highest BCUT2D eigenvalue weighted by atomic mass is 16.5. The van der Waals surface area contributed by atoms with Crippen molar-refractivity contribution in [3.05, 3.63) is 125 Å². The number of rotatable bonds is 10. The zero-order valence-electron chi connectivity index (χ0n) is 32.3. The lowest BCUT2D eigenvalue weighted by Crippen LogP contribution is -2.26. The molecule has 0 saturated heterocycles. The summed E-state index contributed by atoms with van der Waals surface area (Å²) in [5.74, 6) is 1.14. The maximum Gasteiger partial charge on any atom is 0.323 e. The Labute approximate surface area is 325 Å². The van der Waals surface area contributed by atoms with Gasteiger partial charge in [-0.3, -0.25) is 29.1 Å². The Kier molecular flexibility index (Phi) is 12.8. The number of carboxylic acids is 1. The Morgan fingerprint density at radius 1 is 0.696 bits per heavy atom. The number of nitrogen functional groups attached to an aromatic ring is 1. The molecule has 2 heterocycles. The lowest BCUT2D eigenvalue weighted by Gasteiger charge is -2.11. The average Bonchev–Trinajstić information content (AvgIpc) is 3.98. The maximum absolute atomic E-state index is 11.7. The number of anilines is 1. The first-order chi connectivity index (χ1) is 26.7. The third-order valence-electron chi connectivity index (χ3n) is 9.48. The van der Waals surface area contributed by atoms with Crippen LogP contribution in [0.15, 0.2) is 97.3 Å². The topological polar surface area (TPSA) is 168 Å². The summed E-state index contributed by atoms with van der Waals surface area (Å²) in [4.78, 5) is 52.7. The van der Waals surface area contributed by atoms with Crippen molar-refractivity contribution in [2.24, 2.45) is 5.41 Å². The van der Waals surface area contributed by atoms with Crippen molar-refractivity contribution in [1.82, 2.24) is 9.97 Å². The summed E-state index contributed by atoms with van der Waals surface area (Å²) in [5, 5.41) is 10.5. The number of ketones is 2. The summed E-state index contributed by atoms with van der Waals surface area (Å²) in [5.41, 5.74) is 12.8. The van der Waals surface area contributed by atoms with Crippen molar-refractivity contribution in [1.29, 1.82) is 0 Å². The SMILES string of the molecule is CC(=O)CC(=O)Cc1ccc(Oc2ccnc3cc(C)c(C)cc23)cc1.COC(=O)C1(C(=O)O)CC1.Cc1cc2nccc(Oc3ccc(N)cc3)c2cc1C. The monoisotopic (exact) mass is 755 g/mol. The number of ether oxygens (including phenoxy) is 3. The Balaban J connectivity index is 0.000000176. The smallest absolute Gasteiger partial charge is 0.323 e. The predicted octanol–water partition coefficient (Wildman–Crippen LogP) is 8.98. The number of nitrogens with two attached hydrogens (primary N) is 1. The fourth-order valence-electron chi connectivity index (χ4n) is 5.80. The predicted molar refractivity (Wildman–Crippen MR) is 215 cm³/mol. The third kappa shape index (κ3) is 10.1. The summed E-state index contributed by atoms with van der Waals surface area (Å²) < 4.78 is 16.3. The Morgan fingerprint density at radius 2 is 1.14 bits per heavy atom. The molecule has 11 heteroatoms. The second-order valence-corrected chi connectivity index (χ2v) is 13.9. The number of hydrogen-bond acceptors (Lipinski definition) is 10. The minimum atomic E-state index is -1.19. The van der Waals surface area contributed by atoms with Crippen LogP contribution in [0, 0.1) is 33.1 Å². The molecule has 0 spiro atoms. The van der Waals surface area contributed by atoms with Crippen LogP contribution in [0.3, 0.4) is 0 Å². The van der Waals surface area contributed by atoms with Crippen LogP contribution in [0.4, 0.5) is 5.69 Å². The van der Waals surface area contributed by atoms with Gasteiger partial charge in [0, 0.05) is 35.3 Å². The summed E-state index contributed by atoms with van der Waals surface area (Å²) in [6, 6.07) is 26.8. The van der Waals surface area contributed by atoms with E-state index in [1.54, 1.807) is 12.4 Å². The van der Waals surface area contributed by atoms with Gasteiger partial charge in [0.2, 0.25) is 0 Å². The number of aliphatic carboxylic acids is 1. The Morgan fingerprint density at radius 3 is 1.54 bits per heavy atom. The first-order valence-electron chi connectivity index (χ1n) is 18.0. The summed E-state index contributed by atoms with van der Waals surface area (Å²) in [6.45, 7) is 9.74. The number of benzene rings is 4. The molecule has 288 valence electrons. The number of carboxylic acid groups (broad SMARTS) is 1. The molecule has 0 radical (unpaired) electrons. The second kappa shape index (κ2) is 17.7. The molecule has 6 aromatic rings. The van der Waals surface area contributed by atoms with E-state index >= 15 is 0 Å². The number of Topliss-reactive ketones (excluding diaryl/α,β-unsaturated/α-hetero) is 2. The van der Waals surface area contributed by atoms with Crippen molar-refractivity contribution in [2.75, 3.05) is 12.8 Å². The van der Waals surface area contributed by atoms with E-state index in [4.69, 9.17) is 20.3 Å². The van der Waals surface area contributed by atoms with Gasteiger partial charge in [0.05, 0.1) is 24.6 Å². The molecule has 4 aromatic carbocycles. The van der Waals surface area contributed by atoms with Gasteiger partial charge in [0.15, 0.2) is 5.41 Å². The molecular weight excluding hydrogens is 711 g/mol. The number of fused-ring (bicyclic) bond motifs is 2. The van der Waals surface area contributed by atoms with E-state index in [2.05, 4.69) is 66.7 Å². The molecule has 1 aliphatic rings. The molecule has 3 N–H and O–H groups in total. The van der Waals surface area contributed by atoms with Gasteiger partial charge in [0.25, 0.3) is 0 Å². The summed E-state index contributed by atoms with van der Waals surface area (Å²) in [6.07, 6.45) is 4.57. The zero-order valence-corrected chi connectivity index (χ0v) is 32.3.